The number of carbonyl (C=O) groups excluding carboxylic acids is 3. The largest absolute Gasteiger partial charge is 0.444 e. The number of ether oxygens (including phenoxy) is 1. The van der Waals surface area contributed by atoms with Gasteiger partial charge >= 0.3 is 6.09 Å². The topological polar surface area (TPSA) is 87.7 Å². The van der Waals surface area contributed by atoms with Crippen molar-refractivity contribution in [3.63, 3.8) is 0 Å². The van der Waals surface area contributed by atoms with E-state index in [0.717, 1.165) is 17.0 Å². The molecule has 0 unspecified atom stereocenters. The Morgan fingerprint density at radius 3 is 2.60 bits per heavy atom. The highest BCUT2D eigenvalue weighted by Crippen LogP contribution is 2.34. The molecular weight excluding hydrogens is 409 g/mol. The molecule has 0 spiro atoms. The van der Waals surface area contributed by atoms with Gasteiger partial charge < -0.3 is 15.0 Å². The van der Waals surface area contributed by atoms with Crippen LogP contribution < -0.4 is 15.5 Å². The molecule has 0 aromatic heterocycles. The second-order valence-electron chi connectivity index (χ2n) is 7.60. The van der Waals surface area contributed by atoms with Crippen LogP contribution in [0.5, 0.6) is 0 Å². The molecule has 0 atom stereocenters. The van der Waals surface area contributed by atoms with Crippen molar-refractivity contribution in [1.29, 1.82) is 0 Å². The molecule has 0 fully saturated rings. The van der Waals surface area contributed by atoms with Crippen LogP contribution >= 0.6 is 11.8 Å². The van der Waals surface area contributed by atoms with Crippen molar-refractivity contribution in [2.75, 3.05) is 27.8 Å². The molecule has 0 aliphatic carbocycles. The first-order chi connectivity index (χ1) is 14.1. The number of para-hydroxylation sites is 1. The summed E-state index contributed by atoms with van der Waals surface area (Å²) in [7, 11) is 0. The zero-order valence-electron chi connectivity index (χ0n) is 16.8. The quantitative estimate of drug-likeness (QED) is 0.756. The van der Waals surface area contributed by atoms with Gasteiger partial charge in [0.15, 0.2) is 0 Å². The molecule has 0 saturated carbocycles. The number of fused-ring (bicyclic) bond motifs is 1. The number of benzene rings is 2. The molecule has 0 bridgehead atoms. The molecule has 3 rings (SSSR count). The Kier molecular flexibility index (Phi) is 6.31. The Labute approximate surface area is 178 Å². The van der Waals surface area contributed by atoms with E-state index in [1.165, 1.54) is 22.7 Å². The highest BCUT2D eigenvalue weighted by Gasteiger charge is 2.26. The van der Waals surface area contributed by atoms with Crippen molar-refractivity contribution in [3.8, 4) is 0 Å². The van der Waals surface area contributed by atoms with Gasteiger partial charge in [0.25, 0.3) is 0 Å². The SMILES string of the molecule is CC(C)(C)OC(=O)Nc1ccc(F)cc1NC(=O)CN1C(=O)CSc2ccccc21. The fraction of sp³-hybridized carbons (Fsp3) is 0.286. The Morgan fingerprint density at radius 1 is 1.13 bits per heavy atom. The van der Waals surface area contributed by atoms with E-state index < -0.39 is 23.4 Å². The minimum Gasteiger partial charge on any atom is -0.444 e. The van der Waals surface area contributed by atoms with Crippen LogP contribution in [0.3, 0.4) is 0 Å². The Bertz CT molecular complexity index is 990. The lowest BCUT2D eigenvalue weighted by atomic mass is 10.2. The normalized spacial score (nSPS) is 13.5. The van der Waals surface area contributed by atoms with Crippen LogP contribution in [0.15, 0.2) is 47.4 Å². The molecule has 1 aliphatic rings. The third-order valence-electron chi connectivity index (χ3n) is 4.00. The van der Waals surface area contributed by atoms with Crippen molar-refractivity contribution < 1.29 is 23.5 Å². The number of anilines is 3. The monoisotopic (exact) mass is 431 g/mol. The van der Waals surface area contributed by atoms with Crippen LogP contribution in [0.1, 0.15) is 20.8 Å². The third-order valence-corrected chi connectivity index (χ3v) is 5.05. The van der Waals surface area contributed by atoms with Gasteiger partial charge in [0.1, 0.15) is 18.0 Å². The van der Waals surface area contributed by atoms with Gasteiger partial charge in [-0.2, -0.15) is 0 Å². The lowest BCUT2D eigenvalue weighted by Gasteiger charge is -2.28. The van der Waals surface area contributed by atoms with Crippen LogP contribution in [0.25, 0.3) is 0 Å². The van der Waals surface area contributed by atoms with E-state index in [0.29, 0.717) is 5.69 Å². The fourth-order valence-electron chi connectivity index (χ4n) is 2.80. The molecule has 0 saturated heterocycles. The smallest absolute Gasteiger partial charge is 0.412 e. The lowest BCUT2D eigenvalue weighted by Crippen LogP contribution is -2.41. The molecule has 158 valence electrons. The fourth-order valence-corrected chi connectivity index (χ4v) is 3.74. The number of carbonyl (C=O) groups is 3. The van der Waals surface area contributed by atoms with Gasteiger partial charge in [-0.3, -0.25) is 14.9 Å². The van der Waals surface area contributed by atoms with Gasteiger partial charge in [-0.25, -0.2) is 9.18 Å². The highest BCUT2D eigenvalue weighted by atomic mass is 32.2. The second kappa shape index (κ2) is 8.74. The molecule has 1 aliphatic heterocycles. The van der Waals surface area contributed by atoms with Crippen molar-refractivity contribution in [1.82, 2.24) is 0 Å². The van der Waals surface area contributed by atoms with Crippen LogP contribution in [-0.4, -0.2) is 35.8 Å². The highest BCUT2D eigenvalue weighted by molar-refractivity contribution is 8.00. The predicted octanol–water partition coefficient (Wildman–Crippen LogP) is 4.25. The average molecular weight is 431 g/mol. The van der Waals surface area contributed by atoms with Crippen molar-refractivity contribution in [2.24, 2.45) is 0 Å². The van der Waals surface area contributed by atoms with Gasteiger partial charge in [-0.15, -0.1) is 11.8 Å². The minimum absolute atomic E-state index is 0.0676. The summed E-state index contributed by atoms with van der Waals surface area (Å²) < 4.78 is 19.0. The zero-order valence-corrected chi connectivity index (χ0v) is 17.6. The van der Waals surface area contributed by atoms with Gasteiger partial charge in [-0.1, -0.05) is 12.1 Å². The summed E-state index contributed by atoms with van der Waals surface area (Å²) in [4.78, 5) is 39.3. The standard InChI is InChI=1S/C21H22FN3O4S/c1-21(2,3)29-20(28)24-14-9-8-13(22)10-15(14)23-18(26)11-25-16-6-4-5-7-17(16)30-12-19(25)27/h4-10H,11-12H2,1-3H3,(H,23,26)(H,24,28). The average Bonchev–Trinajstić information content (AvgIpc) is 2.65. The van der Waals surface area contributed by atoms with Crippen LogP contribution in [0.4, 0.5) is 26.2 Å². The molecular formula is C21H22FN3O4S. The van der Waals surface area contributed by atoms with E-state index in [9.17, 15) is 18.8 Å². The van der Waals surface area contributed by atoms with Gasteiger partial charge in [0, 0.05) is 4.90 Å². The summed E-state index contributed by atoms with van der Waals surface area (Å²) >= 11 is 1.41. The number of amides is 3. The number of hydrogen-bond donors (Lipinski definition) is 2. The third kappa shape index (κ3) is 5.50. The van der Waals surface area contributed by atoms with Crippen molar-refractivity contribution >= 4 is 46.7 Å². The maximum Gasteiger partial charge on any atom is 0.412 e. The van der Waals surface area contributed by atoms with E-state index in [-0.39, 0.29) is 29.6 Å². The molecule has 0 radical (unpaired) electrons. The molecule has 3 amide bonds. The maximum absolute atomic E-state index is 13.8. The lowest BCUT2D eigenvalue weighted by molar-refractivity contribution is -0.120. The first-order valence-corrected chi connectivity index (χ1v) is 10.2. The number of nitrogens with zero attached hydrogens (tertiary/aromatic N) is 1. The van der Waals surface area contributed by atoms with E-state index in [1.54, 1.807) is 32.9 Å². The maximum atomic E-state index is 13.8. The van der Waals surface area contributed by atoms with E-state index >= 15 is 0 Å². The van der Waals surface area contributed by atoms with Crippen LogP contribution in [-0.2, 0) is 14.3 Å². The molecule has 2 aromatic carbocycles. The summed E-state index contributed by atoms with van der Waals surface area (Å²) in [5, 5.41) is 5.07. The Morgan fingerprint density at radius 2 is 1.87 bits per heavy atom. The number of hydrogen-bond acceptors (Lipinski definition) is 5. The zero-order chi connectivity index (χ0) is 21.9. The Balaban J connectivity index is 1.75. The summed E-state index contributed by atoms with van der Waals surface area (Å²) in [6.45, 7) is 4.90. The van der Waals surface area contributed by atoms with Crippen molar-refractivity contribution in [2.45, 2.75) is 31.3 Å². The van der Waals surface area contributed by atoms with Crippen LogP contribution in [0, 0.1) is 5.82 Å². The Hall–Kier alpha value is -3.07. The number of halogens is 1. The first kappa shape index (κ1) is 21.6. The summed E-state index contributed by atoms with van der Waals surface area (Å²) in [5.74, 6) is -1.07. The minimum atomic E-state index is -0.734. The van der Waals surface area contributed by atoms with Crippen molar-refractivity contribution in [3.05, 3.63) is 48.3 Å². The molecule has 30 heavy (non-hydrogen) atoms. The summed E-state index contributed by atoms with van der Waals surface area (Å²) in [6.07, 6.45) is -0.734. The second-order valence-corrected chi connectivity index (χ2v) is 8.62. The van der Waals surface area contributed by atoms with Crippen LogP contribution in [0.2, 0.25) is 0 Å². The molecule has 2 aromatic rings. The number of thioether (sulfide) groups is 1. The first-order valence-electron chi connectivity index (χ1n) is 9.24. The molecule has 9 heteroatoms. The number of nitrogens with one attached hydrogen (secondary N) is 2. The van der Waals surface area contributed by atoms with E-state index in [4.69, 9.17) is 4.74 Å². The molecule has 1 heterocycles. The number of rotatable bonds is 4. The van der Waals surface area contributed by atoms with Gasteiger partial charge in [-0.05, 0) is 51.1 Å². The van der Waals surface area contributed by atoms with E-state index in [1.807, 2.05) is 12.1 Å². The molecule has 7 nitrogen and oxygen atoms in total. The summed E-state index contributed by atoms with van der Waals surface area (Å²) in [6, 6.07) is 10.9. The van der Waals surface area contributed by atoms with Gasteiger partial charge in [0.2, 0.25) is 11.8 Å². The van der Waals surface area contributed by atoms with E-state index in [2.05, 4.69) is 10.6 Å². The predicted molar refractivity (Wildman–Crippen MR) is 114 cm³/mol. The van der Waals surface area contributed by atoms with Gasteiger partial charge in [0.05, 0.1) is 22.8 Å². The molecule has 2 N–H and O–H groups in total. The summed E-state index contributed by atoms with van der Waals surface area (Å²) in [5.41, 5.74) is 0.186.